The lowest BCUT2D eigenvalue weighted by Gasteiger charge is -2.33. The Morgan fingerprint density at radius 2 is 1.00 bits per heavy atom. The summed E-state index contributed by atoms with van der Waals surface area (Å²) in [5.41, 5.74) is 4.37. The molecule has 0 radical (unpaired) electrons. The third-order valence-electron chi connectivity index (χ3n) is 4.34. The fourth-order valence-corrected chi connectivity index (χ4v) is 3.32. The van der Waals surface area contributed by atoms with E-state index < -0.39 is 0 Å². The lowest BCUT2D eigenvalue weighted by Crippen LogP contribution is -2.40. The van der Waals surface area contributed by atoms with E-state index in [0.717, 1.165) is 22.9 Å². The molecule has 0 atom stereocenters. The molecule has 1 aliphatic heterocycles. The van der Waals surface area contributed by atoms with E-state index in [1.807, 2.05) is 18.7 Å². The SMILES string of the molecule is CC.CC(C)C.CC(C)C1=C(C(C)C)C(=O)N(C(C)C)C(C(C)C)=C(C(C)C)N1. The standard InChI is InChI=1S/C20H36N2O.C4H10.C2H6/c1-11(2)16-17(12(3)4)21-18(13(5)6)19(14(7)8)22(15(9)10)20(16)23;1-4(2)3;1-2/h11-15,21H,1-10H3;4H,1-3H3;1-2H3. The third kappa shape index (κ3) is 8.97. The smallest absolute Gasteiger partial charge is 0.256 e. The first-order valence-corrected chi connectivity index (χ1v) is 11.8. The Labute approximate surface area is 183 Å². The molecule has 1 N–H and O–H groups in total. The van der Waals surface area contributed by atoms with E-state index >= 15 is 0 Å². The number of hydrogen-bond donors (Lipinski definition) is 1. The molecule has 0 spiro atoms. The summed E-state index contributed by atoms with van der Waals surface area (Å²) in [4.78, 5) is 15.4. The van der Waals surface area contributed by atoms with Gasteiger partial charge in [0, 0.05) is 28.7 Å². The van der Waals surface area contributed by atoms with Crippen molar-refractivity contribution in [2.24, 2.45) is 29.6 Å². The van der Waals surface area contributed by atoms with E-state index in [1.165, 1.54) is 5.70 Å². The van der Waals surface area contributed by atoms with Crippen LogP contribution in [0.4, 0.5) is 0 Å². The second-order valence-electron chi connectivity index (χ2n) is 9.87. The van der Waals surface area contributed by atoms with Gasteiger partial charge < -0.3 is 10.2 Å². The molecule has 0 bridgehead atoms. The molecule has 0 aromatic carbocycles. The Kier molecular flexibility index (Phi) is 14.3. The number of carbonyl (C=O) groups is 1. The van der Waals surface area contributed by atoms with Gasteiger partial charge in [-0.2, -0.15) is 0 Å². The first-order valence-electron chi connectivity index (χ1n) is 11.8. The van der Waals surface area contributed by atoms with E-state index in [4.69, 9.17) is 0 Å². The highest BCUT2D eigenvalue weighted by molar-refractivity contribution is 5.96. The minimum atomic E-state index is 0.149. The minimum absolute atomic E-state index is 0.149. The zero-order chi connectivity index (χ0) is 23.6. The Balaban J connectivity index is 0. The molecule has 1 aliphatic rings. The molecule has 0 unspecified atom stereocenters. The van der Waals surface area contributed by atoms with Gasteiger partial charge in [0.15, 0.2) is 0 Å². The predicted molar refractivity (Wildman–Crippen MR) is 130 cm³/mol. The van der Waals surface area contributed by atoms with Crippen molar-refractivity contribution in [2.45, 2.75) is 110 Å². The normalized spacial score (nSPS) is 15.2. The fourth-order valence-electron chi connectivity index (χ4n) is 3.32. The fraction of sp³-hybridized carbons (Fsp3) is 0.808. The van der Waals surface area contributed by atoms with E-state index in [2.05, 4.69) is 95.3 Å². The van der Waals surface area contributed by atoms with Crippen LogP contribution in [0.3, 0.4) is 0 Å². The second kappa shape index (κ2) is 13.9. The maximum absolute atomic E-state index is 13.4. The molecule has 0 aromatic heterocycles. The Morgan fingerprint density at radius 3 is 1.24 bits per heavy atom. The highest BCUT2D eigenvalue weighted by atomic mass is 16.2. The quantitative estimate of drug-likeness (QED) is 0.508. The van der Waals surface area contributed by atoms with Crippen molar-refractivity contribution < 1.29 is 4.79 Å². The number of amides is 1. The predicted octanol–water partition coefficient (Wildman–Crippen LogP) is 7.60. The summed E-state index contributed by atoms with van der Waals surface area (Å²) < 4.78 is 0. The lowest BCUT2D eigenvalue weighted by molar-refractivity contribution is -0.127. The van der Waals surface area contributed by atoms with Crippen LogP contribution in [0.15, 0.2) is 22.7 Å². The van der Waals surface area contributed by atoms with Crippen LogP contribution in [0.25, 0.3) is 0 Å². The first-order chi connectivity index (χ1) is 13.2. The van der Waals surface area contributed by atoms with Gasteiger partial charge in [-0.25, -0.2) is 0 Å². The number of hydrogen-bond acceptors (Lipinski definition) is 2. The molecule has 3 heteroatoms. The molecular formula is C26H52N2O. The van der Waals surface area contributed by atoms with Crippen molar-refractivity contribution in [1.29, 1.82) is 0 Å². The molecule has 172 valence electrons. The number of allylic oxidation sites excluding steroid dienone is 3. The summed E-state index contributed by atoms with van der Waals surface area (Å²) in [5.74, 6) is 2.15. The lowest BCUT2D eigenvalue weighted by atomic mass is 9.94. The van der Waals surface area contributed by atoms with Gasteiger partial charge in [-0.15, -0.1) is 0 Å². The van der Waals surface area contributed by atoms with Gasteiger partial charge in [0.1, 0.15) is 0 Å². The summed E-state index contributed by atoms with van der Waals surface area (Å²) in [6.45, 7) is 32.0. The van der Waals surface area contributed by atoms with Crippen LogP contribution in [0.1, 0.15) is 104 Å². The molecule has 1 rings (SSSR count). The maximum atomic E-state index is 13.4. The molecule has 0 saturated heterocycles. The Morgan fingerprint density at radius 1 is 0.621 bits per heavy atom. The van der Waals surface area contributed by atoms with E-state index in [1.54, 1.807) is 0 Å². The number of rotatable bonds is 5. The Bertz CT molecular complexity index is 546. The Hall–Kier alpha value is -1.25. The molecule has 0 aromatic rings. The maximum Gasteiger partial charge on any atom is 0.256 e. The van der Waals surface area contributed by atoms with E-state index in [-0.39, 0.29) is 17.9 Å². The van der Waals surface area contributed by atoms with Crippen molar-refractivity contribution in [3.63, 3.8) is 0 Å². The average Bonchev–Trinajstić information content (AvgIpc) is 2.70. The van der Waals surface area contributed by atoms with Crippen molar-refractivity contribution in [3.8, 4) is 0 Å². The highest BCUT2D eigenvalue weighted by Crippen LogP contribution is 2.34. The van der Waals surface area contributed by atoms with Gasteiger partial charge in [-0.05, 0) is 43.4 Å². The van der Waals surface area contributed by atoms with Crippen molar-refractivity contribution in [3.05, 3.63) is 22.7 Å². The summed E-state index contributed by atoms with van der Waals surface area (Å²) in [6, 6.07) is 0.149. The molecule has 1 amide bonds. The number of nitrogens with zero attached hydrogens (tertiary/aromatic N) is 1. The van der Waals surface area contributed by atoms with Crippen LogP contribution < -0.4 is 5.32 Å². The van der Waals surface area contributed by atoms with Gasteiger partial charge >= 0.3 is 0 Å². The van der Waals surface area contributed by atoms with E-state index in [9.17, 15) is 4.79 Å². The first kappa shape index (κ1) is 29.9. The van der Waals surface area contributed by atoms with Crippen molar-refractivity contribution >= 4 is 5.91 Å². The van der Waals surface area contributed by atoms with Crippen LogP contribution in [0.5, 0.6) is 0 Å². The summed E-state index contributed by atoms with van der Waals surface area (Å²) in [5, 5.41) is 3.69. The minimum Gasteiger partial charge on any atom is -0.360 e. The largest absolute Gasteiger partial charge is 0.360 e. The van der Waals surface area contributed by atoms with Gasteiger partial charge in [-0.1, -0.05) is 90.0 Å². The molecule has 0 fully saturated rings. The number of nitrogens with one attached hydrogen (secondary N) is 1. The molecule has 0 aliphatic carbocycles. The monoisotopic (exact) mass is 408 g/mol. The van der Waals surface area contributed by atoms with Gasteiger partial charge in [0.2, 0.25) is 0 Å². The molecule has 0 saturated carbocycles. The molecule has 29 heavy (non-hydrogen) atoms. The van der Waals surface area contributed by atoms with Gasteiger partial charge in [0.25, 0.3) is 5.91 Å². The van der Waals surface area contributed by atoms with Crippen molar-refractivity contribution in [1.82, 2.24) is 10.2 Å². The van der Waals surface area contributed by atoms with Crippen molar-refractivity contribution in [2.75, 3.05) is 0 Å². The topological polar surface area (TPSA) is 32.3 Å². The average molecular weight is 409 g/mol. The second-order valence-corrected chi connectivity index (χ2v) is 9.87. The van der Waals surface area contributed by atoms with Crippen LogP contribution in [-0.2, 0) is 4.79 Å². The summed E-state index contributed by atoms with van der Waals surface area (Å²) in [6.07, 6.45) is 0. The zero-order valence-electron chi connectivity index (χ0n) is 22.3. The highest BCUT2D eigenvalue weighted by Gasteiger charge is 2.35. The van der Waals surface area contributed by atoms with Crippen LogP contribution in [0, 0.1) is 29.6 Å². The third-order valence-corrected chi connectivity index (χ3v) is 4.34. The number of carbonyl (C=O) groups excluding carboxylic acids is 1. The van der Waals surface area contributed by atoms with Crippen LogP contribution in [-0.4, -0.2) is 16.8 Å². The summed E-state index contributed by atoms with van der Waals surface area (Å²) >= 11 is 0. The zero-order valence-corrected chi connectivity index (χ0v) is 22.3. The summed E-state index contributed by atoms with van der Waals surface area (Å²) in [7, 11) is 0. The van der Waals surface area contributed by atoms with Gasteiger partial charge in [-0.3, -0.25) is 4.79 Å². The van der Waals surface area contributed by atoms with Crippen LogP contribution >= 0.6 is 0 Å². The molecular weight excluding hydrogens is 356 g/mol. The van der Waals surface area contributed by atoms with Crippen LogP contribution in [0.2, 0.25) is 0 Å². The van der Waals surface area contributed by atoms with E-state index in [0.29, 0.717) is 17.8 Å². The molecule has 3 nitrogen and oxygen atoms in total. The van der Waals surface area contributed by atoms with Gasteiger partial charge in [0.05, 0.1) is 0 Å². The molecule has 1 heterocycles.